The van der Waals surface area contributed by atoms with Gasteiger partial charge in [0.25, 0.3) is 5.91 Å². The first kappa shape index (κ1) is 23.9. The number of fused-ring (bicyclic) bond motifs is 1. The summed E-state index contributed by atoms with van der Waals surface area (Å²) in [5, 5.41) is 3.92. The van der Waals surface area contributed by atoms with Gasteiger partial charge in [-0.15, -0.1) is 0 Å². The van der Waals surface area contributed by atoms with Gasteiger partial charge in [-0.05, 0) is 30.7 Å². The van der Waals surface area contributed by atoms with Gasteiger partial charge in [-0.25, -0.2) is 0 Å². The number of carbonyl (C=O) groups is 2. The lowest BCUT2D eigenvalue weighted by molar-refractivity contribution is 0.101. The maximum atomic E-state index is 13.2. The Hall–Kier alpha value is -3.28. The van der Waals surface area contributed by atoms with Crippen molar-refractivity contribution >= 4 is 51.5 Å². The zero-order chi connectivity index (χ0) is 24.1. The fourth-order valence-electron chi connectivity index (χ4n) is 3.59. The molecule has 7 heteroatoms. The molecule has 0 aliphatic heterocycles. The Bertz CT molecular complexity index is 1310. The smallest absolute Gasteiger partial charge is 0.255 e. The van der Waals surface area contributed by atoms with Crippen LogP contribution in [0, 0.1) is 0 Å². The SMILES string of the molecule is CCCCCOc1c(Cl)cc(C(=O)Nc2c(C(=O)c3ccccc3)oc3ccccc23)cc1Cl. The summed E-state index contributed by atoms with van der Waals surface area (Å²) in [5.41, 5.74) is 1.47. The molecule has 0 unspecified atom stereocenters. The minimum Gasteiger partial charge on any atom is -0.490 e. The number of carbonyl (C=O) groups excluding carboxylic acids is 2. The number of ether oxygens (including phenoxy) is 1. The lowest BCUT2D eigenvalue weighted by Crippen LogP contribution is -2.14. The van der Waals surface area contributed by atoms with Crippen LogP contribution in [0.3, 0.4) is 0 Å². The Morgan fingerprint density at radius 1 is 0.912 bits per heavy atom. The van der Waals surface area contributed by atoms with Gasteiger partial charge in [-0.1, -0.05) is 85.4 Å². The molecule has 5 nitrogen and oxygen atoms in total. The second-order valence-corrected chi connectivity index (χ2v) is 8.59. The number of hydrogen-bond donors (Lipinski definition) is 1. The van der Waals surface area contributed by atoms with Crippen molar-refractivity contribution in [3.05, 3.63) is 93.7 Å². The van der Waals surface area contributed by atoms with E-state index in [0.717, 1.165) is 19.3 Å². The Labute approximate surface area is 207 Å². The molecular formula is C27H23Cl2NO4. The van der Waals surface area contributed by atoms with Crippen molar-refractivity contribution in [1.82, 2.24) is 0 Å². The zero-order valence-electron chi connectivity index (χ0n) is 18.6. The molecule has 4 rings (SSSR count). The van der Waals surface area contributed by atoms with Crippen LogP contribution in [-0.4, -0.2) is 18.3 Å². The maximum Gasteiger partial charge on any atom is 0.255 e. The number of furan rings is 1. The van der Waals surface area contributed by atoms with Crippen molar-refractivity contribution in [2.45, 2.75) is 26.2 Å². The fourth-order valence-corrected chi connectivity index (χ4v) is 4.19. The number of nitrogens with one attached hydrogen (secondary N) is 1. The lowest BCUT2D eigenvalue weighted by atomic mass is 10.1. The van der Waals surface area contributed by atoms with Crippen LogP contribution < -0.4 is 10.1 Å². The first-order chi connectivity index (χ1) is 16.5. The predicted molar refractivity (Wildman–Crippen MR) is 136 cm³/mol. The molecule has 0 fully saturated rings. The van der Waals surface area contributed by atoms with Gasteiger partial charge >= 0.3 is 0 Å². The predicted octanol–water partition coefficient (Wildman–Crippen LogP) is 7.79. The summed E-state index contributed by atoms with van der Waals surface area (Å²) in [6.07, 6.45) is 3.00. The number of ketones is 1. The first-order valence-corrected chi connectivity index (χ1v) is 11.8. The fraction of sp³-hybridized carbons (Fsp3) is 0.185. The molecule has 0 spiro atoms. The number of amides is 1. The number of unbranched alkanes of at least 4 members (excludes halogenated alkanes) is 2. The minimum absolute atomic E-state index is 0.0498. The Kier molecular flexibility index (Phi) is 7.56. The summed E-state index contributed by atoms with van der Waals surface area (Å²) < 4.78 is 11.6. The lowest BCUT2D eigenvalue weighted by Gasteiger charge is -2.12. The van der Waals surface area contributed by atoms with Gasteiger partial charge in [0.05, 0.1) is 22.3 Å². The summed E-state index contributed by atoms with van der Waals surface area (Å²) in [4.78, 5) is 26.3. The van der Waals surface area contributed by atoms with E-state index in [4.69, 9.17) is 32.4 Å². The molecule has 0 bridgehead atoms. The number of anilines is 1. The van der Waals surface area contributed by atoms with Crippen molar-refractivity contribution in [3.8, 4) is 5.75 Å². The third-order valence-corrected chi connectivity index (χ3v) is 5.89. The van der Waals surface area contributed by atoms with Crippen LogP contribution >= 0.6 is 23.2 Å². The van der Waals surface area contributed by atoms with E-state index >= 15 is 0 Å². The summed E-state index contributed by atoms with van der Waals surface area (Å²) in [7, 11) is 0. The van der Waals surface area contributed by atoms with Gasteiger partial charge in [0, 0.05) is 16.5 Å². The average molecular weight is 496 g/mol. The summed E-state index contributed by atoms with van der Waals surface area (Å²) >= 11 is 12.7. The molecule has 0 atom stereocenters. The van der Waals surface area contributed by atoms with E-state index in [0.29, 0.717) is 34.6 Å². The largest absolute Gasteiger partial charge is 0.490 e. The van der Waals surface area contributed by atoms with E-state index in [1.807, 2.05) is 12.1 Å². The molecule has 1 aromatic heterocycles. The molecule has 0 saturated carbocycles. The summed E-state index contributed by atoms with van der Waals surface area (Å²) in [6, 6.07) is 18.9. The standard InChI is InChI=1S/C27H23Cl2NO4/c1-2-3-9-14-33-25-20(28)15-18(16-21(25)29)27(32)30-23-19-12-7-8-13-22(19)34-26(23)24(31)17-10-5-4-6-11-17/h4-8,10-13,15-16H,2-3,9,14H2,1H3,(H,30,32). The minimum atomic E-state index is -0.477. The molecule has 0 aliphatic rings. The van der Waals surface area contributed by atoms with E-state index in [1.165, 1.54) is 12.1 Å². The van der Waals surface area contributed by atoms with Crippen LogP contribution in [0.4, 0.5) is 5.69 Å². The van der Waals surface area contributed by atoms with Crippen LogP contribution in [-0.2, 0) is 0 Å². The first-order valence-electron chi connectivity index (χ1n) is 11.0. The highest BCUT2D eigenvalue weighted by atomic mass is 35.5. The van der Waals surface area contributed by atoms with Crippen molar-refractivity contribution in [1.29, 1.82) is 0 Å². The van der Waals surface area contributed by atoms with Crippen LogP contribution in [0.1, 0.15) is 52.7 Å². The van der Waals surface area contributed by atoms with Gasteiger partial charge in [-0.2, -0.15) is 0 Å². The maximum absolute atomic E-state index is 13.2. The zero-order valence-corrected chi connectivity index (χ0v) is 20.1. The highest BCUT2D eigenvalue weighted by molar-refractivity contribution is 6.38. The Balaban J connectivity index is 1.64. The van der Waals surface area contributed by atoms with Crippen molar-refractivity contribution in [3.63, 3.8) is 0 Å². The molecule has 1 amide bonds. The third kappa shape index (κ3) is 5.11. The average Bonchev–Trinajstić information content (AvgIpc) is 3.21. The molecule has 3 aromatic carbocycles. The van der Waals surface area contributed by atoms with Crippen molar-refractivity contribution < 1.29 is 18.7 Å². The van der Waals surface area contributed by atoms with Crippen molar-refractivity contribution in [2.24, 2.45) is 0 Å². The molecule has 0 saturated heterocycles. The van der Waals surface area contributed by atoms with E-state index in [9.17, 15) is 9.59 Å². The number of rotatable bonds is 9. The molecule has 4 aromatic rings. The Morgan fingerprint density at radius 3 is 2.29 bits per heavy atom. The highest BCUT2D eigenvalue weighted by Gasteiger charge is 2.24. The number of benzene rings is 3. The monoisotopic (exact) mass is 495 g/mol. The topological polar surface area (TPSA) is 68.5 Å². The number of halogens is 2. The van der Waals surface area contributed by atoms with Crippen LogP contribution in [0.2, 0.25) is 10.0 Å². The highest BCUT2D eigenvalue weighted by Crippen LogP contribution is 2.36. The number of para-hydroxylation sites is 1. The molecular weight excluding hydrogens is 473 g/mol. The van der Waals surface area contributed by atoms with Crippen molar-refractivity contribution in [2.75, 3.05) is 11.9 Å². The molecule has 174 valence electrons. The van der Waals surface area contributed by atoms with Gasteiger partial charge < -0.3 is 14.5 Å². The molecule has 0 radical (unpaired) electrons. The van der Waals surface area contributed by atoms with Crippen LogP contribution in [0.25, 0.3) is 11.0 Å². The summed E-state index contributed by atoms with van der Waals surface area (Å²) in [6.45, 7) is 2.60. The number of hydrogen-bond acceptors (Lipinski definition) is 4. The normalized spacial score (nSPS) is 10.9. The van der Waals surface area contributed by atoms with Gasteiger partial charge in [-0.3, -0.25) is 9.59 Å². The summed E-state index contributed by atoms with van der Waals surface area (Å²) in [5.74, 6) is -0.410. The van der Waals surface area contributed by atoms with Gasteiger partial charge in [0.2, 0.25) is 5.78 Å². The molecule has 1 heterocycles. The molecule has 1 N–H and O–H groups in total. The second-order valence-electron chi connectivity index (χ2n) is 7.78. The third-order valence-electron chi connectivity index (χ3n) is 5.33. The van der Waals surface area contributed by atoms with Gasteiger partial charge in [0.1, 0.15) is 5.58 Å². The second kappa shape index (κ2) is 10.8. The van der Waals surface area contributed by atoms with Crippen LogP contribution in [0.5, 0.6) is 5.75 Å². The van der Waals surface area contributed by atoms with E-state index in [-0.39, 0.29) is 27.2 Å². The van der Waals surface area contributed by atoms with Gasteiger partial charge in [0.15, 0.2) is 11.5 Å². The Morgan fingerprint density at radius 2 is 1.59 bits per heavy atom. The molecule has 34 heavy (non-hydrogen) atoms. The quantitative estimate of drug-likeness (QED) is 0.190. The van der Waals surface area contributed by atoms with E-state index in [2.05, 4.69) is 12.2 Å². The molecule has 0 aliphatic carbocycles. The van der Waals surface area contributed by atoms with E-state index < -0.39 is 5.91 Å². The van der Waals surface area contributed by atoms with Crippen LogP contribution in [0.15, 0.2) is 71.1 Å². The van der Waals surface area contributed by atoms with E-state index in [1.54, 1.807) is 42.5 Å².